The maximum Gasteiger partial charge on any atom is 0.166 e. The number of aromatic amines is 1. The molecule has 1 aromatic heterocycles. The van der Waals surface area contributed by atoms with E-state index >= 15 is 0 Å². The number of methoxy groups -OCH3 is 2. The van der Waals surface area contributed by atoms with E-state index in [-0.39, 0.29) is 11.5 Å². The molecule has 4 atom stereocenters. The van der Waals surface area contributed by atoms with Crippen LogP contribution in [0.15, 0.2) is 36.4 Å². The number of aryl methyl sites for hydroxylation is 1. The molecule has 0 unspecified atom stereocenters. The number of fused-ring (bicyclic) bond motifs is 2. The van der Waals surface area contributed by atoms with Gasteiger partial charge in [-0.1, -0.05) is 18.2 Å². The number of H-pyrrole nitrogens is 1. The van der Waals surface area contributed by atoms with Gasteiger partial charge in [0.2, 0.25) is 0 Å². The van der Waals surface area contributed by atoms with Gasteiger partial charge in [0.25, 0.3) is 0 Å². The van der Waals surface area contributed by atoms with Crippen LogP contribution >= 0.6 is 0 Å². The van der Waals surface area contributed by atoms with Gasteiger partial charge in [-0.3, -0.25) is 0 Å². The molecule has 1 N–H and O–H groups in total. The van der Waals surface area contributed by atoms with E-state index in [1.807, 2.05) is 0 Å². The summed E-state index contributed by atoms with van der Waals surface area (Å²) in [5.74, 6) is 3.27. The highest BCUT2D eigenvalue weighted by Gasteiger charge is 2.65. The molecule has 170 valence electrons. The normalized spacial score (nSPS) is 28.7. The second-order valence-electron chi connectivity index (χ2n) is 10.2. The summed E-state index contributed by atoms with van der Waals surface area (Å²) < 4.78 is 18.1. The fourth-order valence-corrected chi connectivity index (χ4v) is 7.58. The summed E-state index contributed by atoms with van der Waals surface area (Å²) in [6.45, 7) is 3.31. The van der Waals surface area contributed by atoms with Gasteiger partial charge in [0, 0.05) is 28.3 Å². The zero-order valence-corrected chi connectivity index (χ0v) is 19.7. The lowest BCUT2D eigenvalue weighted by Crippen LogP contribution is -2.62. The molecule has 33 heavy (non-hydrogen) atoms. The van der Waals surface area contributed by atoms with Gasteiger partial charge >= 0.3 is 0 Å². The van der Waals surface area contributed by atoms with Crippen molar-refractivity contribution in [2.24, 2.45) is 5.92 Å². The van der Waals surface area contributed by atoms with Crippen LogP contribution in [-0.4, -0.2) is 43.7 Å². The summed E-state index contributed by atoms with van der Waals surface area (Å²) in [5.41, 5.74) is 9.40. The van der Waals surface area contributed by atoms with Crippen LogP contribution in [0.25, 0.3) is 11.1 Å². The van der Waals surface area contributed by atoms with E-state index in [4.69, 9.17) is 14.2 Å². The number of rotatable bonds is 3. The zero-order chi connectivity index (χ0) is 22.5. The van der Waals surface area contributed by atoms with E-state index < -0.39 is 0 Å². The second-order valence-corrected chi connectivity index (χ2v) is 10.2. The van der Waals surface area contributed by atoms with Gasteiger partial charge in [-0.25, -0.2) is 0 Å². The number of ether oxygens (including phenoxy) is 3. The Labute approximate surface area is 194 Å². The molecule has 5 heteroatoms. The molecule has 3 aromatic rings. The van der Waals surface area contributed by atoms with Gasteiger partial charge in [0.15, 0.2) is 11.5 Å². The van der Waals surface area contributed by atoms with Crippen LogP contribution in [0.2, 0.25) is 0 Å². The molecule has 2 aliphatic carbocycles. The zero-order valence-electron chi connectivity index (χ0n) is 19.7. The minimum absolute atomic E-state index is 0.0125. The third-order valence-corrected chi connectivity index (χ3v) is 8.99. The Balaban J connectivity index is 1.46. The topological polar surface area (TPSA) is 46.7 Å². The van der Waals surface area contributed by atoms with E-state index in [2.05, 4.69) is 60.3 Å². The van der Waals surface area contributed by atoms with Crippen LogP contribution in [0, 0.1) is 12.8 Å². The fraction of sp³-hybridized carbons (Fsp3) is 0.429. The Morgan fingerprint density at radius 2 is 1.88 bits per heavy atom. The van der Waals surface area contributed by atoms with Crippen LogP contribution in [-0.2, 0) is 18.3 Å². The summed E-state index contributed by atoms with van der Waals surface area (Å²) in [7, 11) is 5.78. The molecule has 5 nitrogen and oxygen atoms in total. The quantitative estimate of drug-likeness (QED) is 0.632. The lowest BCUT2D eigenvalue weighted by Gasteiger charge is -2.57. The molecule has 0 amide bonds. The lowest BCUT2D eigenvalue weighted by molar-refractivity contribution is -0.0254. The van der Waals surface area contributed by atoms with Crippen molar-refractivity contribution in [1.29, 1.82) is 0 Å². The molecule has 4 aliphatic rings. The van der Waals surface area contributed by atoms with Crippen LogP contribution in [0.4, 0.5) is 0 Å². The van der Waals surface area contributed by atoms with Gasteiger partial charge in [-0.05, 0) is 80.6 Å². The highest BCUT2D eigenvalue weighted by molar-refractivity contribution is 5.74. The Morgan fingerprint density at radius 1 is 1.06 bits per heavy atom. The Bertz CT molecular complexity index is 1280. The molecule has 2 aliphatic heterocycles. The first-order valence-electron chi connectivity index (χ1n) is 12.0. The standard InChI is InChI=1S/C28H30N2O3/c1-15-23(16-5-8-18(31-3)9-6-16)19-14-20-21-13-17-7-10-22(32-4)26-24(17)28(20,11-12-30(21)2)27(33-26)25(19)29-15/h5-10,20-21,27,29H,11-14H2,1-4H3/t20-,21-,27-,28-/m0/s1. The average Bonchev–Trinajstić information content (AvgIpc) is 3.35. The van der Waals surface area contributed by atoms with Crippen molar-refractivity contribution in [1.82, 2.24) is 9.88 Å². The third kappa shape index (κ3) is 2.31. The largest absolute Gasteiger partial charge is 0.497 e. The monoisotopic (exact) mass is 442 g/mol. The van der Waals surface area contributed by atoms with E-state index in [0.717, 1.165) is 43.1 Å². The van der Waals surface area contributed by atoms with Gasteiger partial charge < -0.3 is 24.1 Å². The Hall–Kier alpha value is -2.92. The number of hydrogen-bond acceptors (Lipinski definition) is 4. The summed E-state index contributed by atoms with van der Waals surface area (Å²) in [6, 6.07) is 13.4. The minimum atomic E-state index is 0.0125. The van der Waals surface area contributed by atoms with Crippen molar-refractivity contribution in [2.75, 3.05) is 27.8 Å². The first-order valence-corrected chi connectivity index (χ1v) is 12.0. The average molecular weight is 443 g/mol. The van der Waals surface area contributed by atoms with Crippen molar-refractivity contribution in [3.63, 3.8) is 0 Å². The molecule has 0 radical (unpaired) electrons. The van der Waals surface area contributed by atoms with Crippen molar-refractivity contribution in [3.05, 3.63) is 64.5 Å². The second kappa shape index (κ2) is 6.57. The smallest absolute Gasteiger partial charge is 0.166 e. The molecular formula is C28H30N2O3. The summed E-state index contributed by atoms with van der Waals surface area (Å²) >= 11 is 0. The van der Waals surface area contributed by atoms with Gasteiger partial charge in [-0.15, -0.1) is 0 Å². The molecule has 1 saturated heterocycles. The van der Waals surface area contributed by atoms with Crippen molar-refractivity contribution >= 4 is 0 Å². The summed E-state index contributed by atoms with van der Waals surface area (Å²) in [4.78, 5) is 6.39. The first-order chi connectivity index (χ1) is 16.1. The minimum Gasteiger partial charge on any atom is -0.497 e. The van der Waals surface area contributed by atoms with E-state index in [0.29, 0.717) is 12.0 Å². The van der Waals surface area contributed by atoms with Gasteiger partial charge in [0.05, 0.1) is 19.9 Å². The number of likely N-dealkylation sites (N-methyl/N-ethyl adjacent to an activating group) is 1. The fourth-order valence-electron chi connectivity index (χ4n) is 7.58. The number of aromatic nitrogens is 1. The van der Waals surface area contributed by atoms with Crippen molar-refractivity contribution in [3.8, 4) is 28.4 Å². The van der Waals surface area contributed by atoms with Crippen LogP contribution < -0.4 is 14.2 Å². The highest BCUT2D eigenvalue weighted by Crippen LogP contribution is 2.67. The Morgan fingerprint density at radius 3 is 2.64 bits per heavy atom. The maximum atomic E-state index is 6.91. The third-order valence-electron chi connectivity index (χ3n) is 8.99. The molecule has 1 spiro atoms. The summed E-state index contributed by atoms with van der Waals surface area (Å²) in [6.07, 6.45) is 3.30. The van der Waals surface area contributed by atoms with Crippen LogP contribution in [0.1, 0.15) is 40.6 Å². The first kappa shape index (κ1) is 19.5. The summed E-state index contributed by atoms with van der Waals surface area (Å²) in [5, 5.41) is 0. The molecule has 0 saturated carbocycles. The number of piperidine rings is 1. The molecular weight excluding hydrogens is 412 g/mol. The lowest BCUT2D eigenvalue weighted by atomic mass is 9.51. The van der Waals surface area contributed by atoms with Crippen LogP contribution in [0.5, 0.6) is 17.2 Å². The number of hydrogen-bond donors (Lipinski definition) is 1. The maximum absolute atomic E-state index is 6.91. The van der Waals surface area contributed by atoms with Gasteiger partial charge in [0.1, 0.15) is 11.9 Å². The highest BCUT2D eigenvalue weighted by atomic mass is 16.5. The molecule has 2 aromatic carbocycles. The SMILES string of the molecule is COc1ccc(-c2c(C)[nH]c3c2C[C@H]2[C@@H]4Cc5ccc(OC)c6c5[C@@]2(CCN4C)[C@H]3O6)cc1. The predicted molar refractivity (Wildman–Crippen MR) is 127 cm³/mol. The number of benzene rings is 2. The van der Waals surface area contributed by atoms with Gasteiger partial charge in [-0.2, -0.15) is 0 Å². The molecule has 2 bridgehead atoms. The molecule has 7 rings (SSSR count). The predicted octanol–water partition coefficient (Wildman–Crippen LogP) is 4.81. The number of nitrogens with one attached hydrogen (secondary N) is 1. The van der Waals surface area contributed by atoms with Crippen LogP contribution in [0.3, 0.4) is 0 Å². The molecule has 3 heterocycles. The number of likely N-dealkylation sites (tertiary alicyclic amines) is 1. The van der Waals surface area contributed by atoms with E-state index in [9.17, 15) is 0 Å². The van der Waals surface area contributed by atoms with E-state index in [1.165, 1.54) is 39.2 Å². The Kier molecular flexibility index (Phi) is 3.89. The van der Waals surface area contributed by atoms with Crippen molar-refractivity contribution < 1.29 is 14.2 Å². The van der Waals surface area contributed by atoms with E-state index in [1.54, 1.807) is 14.2 Å². The number of nitrogens with zero attached hydrogens (tertiary/aromatic N) is 1. The van der Waals surface area contributed by atoms with Crippen molar-refractivity contribution in [2.45, 2.75) is 43.7 Å². The molecule has 1 fully saturated rings.